The van der Waals surface area contributed by atoms with E-state index in [9.17, 15) is 5.26 Å². The number of nitrogens with zero attached hydrogens (tertiary/aromatic N) is 2. The first-order chi connectivity index (χ1) is 13.1. The Hall–Kier alpha value is -3.24. The van der Waals surface area contributed by atoms with Crippen LogP contribution in [0.1, 0.15) is 17.0 Å². The second-order valence-corrected chi connectivity index (χ2v) is 6.94. The Morgan fingerprint density at radius 2 is 2.04 bits per heavy atom. The van der Waals surface area contributed by atoms with Crippen LogP contribution in [0.15, 0.2) is 64.5 Å². The molecular weight excluding hydrogens is 408 g/mol. The Bertz CT molecular complexity index is 1080. The van der Waals surface area contributed by atoms with Crippen LogP contribution in [-0.4, -0.2) is 17.3 Å². The minimum absolute atomic E-state index is 0.0709. The molecule has 0 radical (unpaired) electrons. The minimum Gasteiger partial charge on any atom is -0.497 e. The molecule has 1 atom stereocenters. The van der Waals surface area contributed by atoms with E-state index in [-0.39, 0.29) is 11.8 Å². The molecule has 3 aromatic rings. The standard InChI is InChI=1S/C20H15BrN4O2/c1-26-14-4-2-3-12(9-14)18-17-16(11-5-7-13(21)8-6-11)15(10-22)19(23)27-20(17)25-24-18/h2-9,16H,23H2,1H3,(H,24,25). The topological polar surface area (TPSA) is 97.0 Å². The first-order valence-corrected chi connectivity index (χ1v) is 8.97. The van der Waals surface area contributed by atoms with E-state index in [1.54, 1.807) is 7.11 Å². The van der Waals surface area contributed by atoms with E-state index in [0.29, 0.717) is 11.5 Å². The Kier molecular flexibility index (Phi) is 4.34. The van der Waals surface area contributed by atoms with Crippen LogP contribution < -0.4 is 15.2 Å². The van der Waals surface area contributed by atoms with Gasteiger partial charge in [-0.1, -0.05) is 40.2 Å². The normalized spacial score (nSPS) is 15.7. The molecule has 1 unspecified atom stereocenters. The highest BCUT2D eigenvalue weighted by molar-refractivity contribution is 9.10. The van der Waals surface area contributed by atoms with Crippen molar-refractivity contribution in [1.82, 2.24) is 10.2 Å². The average molecular weight is 423 g/mol. The van der Waals surface area contributed by atoms with Crippen molar-refractivity contribution in [2.24, 2.45) is 5.73 Å². The maximum absolute atomic E-state index is 9.73. The lowest BCUT2D eigenvalue weighted by molar-refractivity contribution is 0.379. The number of halogens is 1. The molecule has 2 aromatic carbocycles. The zero-order valence-electron chi connectivity index (χ0n) is 14.4. The van der Waals surface area contributed by atoms with Crippen LogP contribution in [0.5, 0.6) is 11.6 Å². The molecule has 7 heteroatoms. The molecule has 0 bridgehead atoms. The summed E-state index contributed by atoms with van der Waals surface area (Å²) in [5.74, 6) is 0.786. The van der Waals surface area contributed by atoms with E-state index < -0.39 is 0 Å². The number of nitrogens with two attached hydrogens (primary N) is 1. The van der Waals surface area contributed by atoms with Gasteiger partial charge in [-0.2, -0.15) is 5.26 Å². The quantitative estimate of drug-likeness (QED) is 0.662. The number of nitrogens with one attached hydrogen (secondary N) is 1. The predicted octanol–water partition coefficient (Wildman–Crippen LogP) is 4.07. The number of hydrogen-bond donors (Lipinski definition) is 2. The van der Waals surface area contributed by atoms with E-state index in [4.69, 9.17) is 15.2 Å². The SMILES string of the molecule is COc1cccc(-c2[nH]nc3c2C(c2ccc(Br)cc2)C(C#N)=C(N)O3)c1. The van der Waals surface area contributed by atoms with Crippen LogP contribution in [0, 0.1) is 11.3 Å². The van der Waals surface area contributed by atoms with Gasteiger partial charge in [0.2, 0.25) is 11.8 Å². The summed E-state index contributed by atoms with van der Waals surface area (Å²) in [5.41, 5.74) is 9.70. The number of ether oxygens (including phenoxy) is 2. The fourth-order valence-corrected chi connectivity index (χ4v) is 3.50. The van der Waals surface area contributed by atoms with Crippen LogP contribution in [0.2, 0.25) is 0 Å². The third-order valence-electron chi connectivity index (χ3n) is 4.50. The van der Waals surface area contributed by atoms with Gasteiger partial charge in [-0.05, 0) is 29.8 Å². The maximum Gasteiger partial charge on any atom is 0.244 e. The van der Waals surface area contributed by atoms with E-state index in [1.165, 1.54) is 0 Å². The third kappa shape index (κ3) is 2.94. The Balaban J connectivity index is 1.93. The highest BCUT2D eigenvalue weighted by Crippen LogP contribution is 2.45. The highest BCUT2D eigenvalue weighted by Gasteiger charge is 2.35. The number of fused-ring (bicyclic) bond motifs is 1. The Labute approximate surface area is 164 Å². The summed E-state index contributed by atoms with van der Waals surface area (Å²) in [5, 5.41) is 17.0. The van der Waals surface area contributed by atoms with Gasteiger partial charge in [-0.25, -0.2) is 0 Å². The van der Waals surface area contributed by atoms with E-state index >= 15 is 0 Å². The van der Waals surface area contributed by atoms with Gasteiger partial charge in [0.15, 0.2) is 0 Å². The molecule has 3 N–H and O–H groups in total. The Morgan fingerprint density at radius 1 is 1.26 bits per heavy atom. The van der Waals surface area contributed by atoms with Gasteiger partial charge in [-0.3, -0.25) is 5.10 Å². The summed E-state index contributed by atoms with van der Waals surface area (Å²) >= 11 is 3.45. The summed E-state index contributed by atoms with van der Waals surface area (Å²) in [6, 6.07) is 17.6. The molecule has 0 aliphatic carbocycles. The summed E-state index contributed by atoms with van der Waals surface area (Å²) in [4.78, 5) is 0. The molecule has 1 aliphatic heterocycles. The first kappa shape index (κ1) is 17.2. The van der Waals surface area contributed by atoms with Gasteiger partial charge in [0.1, 0.15) is 17.4 Å². The van der Waals surface area contributed by atoms with Crippen molar-refractivity contribution in [3.63, 3.8) is 0 Å². The number of allylic oxidation sites excluding steroid dienone is 1. The molecule has 134 valence electrons. The van der Waals surface area contributed by atoms with Crippen LogP contribution in [-0.2, 0) is 0 Å². The summed E-state index contributed by atoms with van der Waals surface area (Å²) < 4.78 is 11.9. The van der Waals surface area contributed by atoms with Crippen LogP contribution in [0.3, 0.4) is 0 Å². The largest absolute Gasteiger partial charge is 0.497 e. The summed E-state index contributed by atoms with van der Waals surface area (Å²) in [6.45, 7) is 0. The van der Waals surface area contributed by atoms with Crippen LogP contribution >= 0.6 is 15.9 Å². The number of benzene rings is 2. The van der Waals surface area contributed by atoms with Gasteiger partial charge in [-0.15, -0.1) is 5.10 Å². The number of rotatable bonds is 3. The molecule has 4 rings (SSSR count). The number of methoxy groups -OCH3 is 1. The Morgan fingerprint density at radius 3 is 2.74 bits per heavy atom. The number of aromatic amines is 1. The number of nitriles is 1. The minimum atomic E-state index is -0.383. The predicted molar refractivity (Wildman–Crippen MR) is 104 cm³/mol. The summed E-state index contributed by atoms with van der Waals surface area (Å²) in [6.07, 6.45) is 0. The van der Waals surface area contributed by atoms with Gasteiger partial charge < -0.3 is 15.2 Å². The van der Waals surface area contributed by atoms with E-state index in [2.05, 4.69) is 32.2 Å². The molecular formula is C20H15BrN4O2. The lowest BCUT2D eigenvalue weighted by Crippen LogP contribution is -2.20. The molecule has 0 amide bonds. The molecule has 0 saturated carbocycles. The molecule has 0 spiro atoms. The molecule has 6 nitrogen and oxygen atoms in total. The lowest BCUT2D eigenvalue weighted by Gasteiger charge is -2.24. The number of hydrogen-bond acceptors (Lipinski definition) is 5. The average Bonchev–Trinajstić information content (AvgIpc) is 3.11. The molecule has 0 saturated heterocycles. The zero-order valence-corrected chi connectivity index (χ0v) is 15.9. The second-order valence-electron chi connectivity index (χ2n) is 6.03. The zero-order chi connectivity index (χ0) is 19.0. The van der Waals surface area contributed by atoms with Gasteiger partial charge in [0, 0.05) is 10.0 Å². The fourth-order valence-electron chi connectivity index (χ4n) is 3.23. The van der Waals surface area contributed by atoms with Crippen LogP contribution in [0.4, 0.5) is 0 Å². The lowest BCUT2D eigenvalue weighted by atomic mass is 9.83. The summed E-state index contributed by atoms with van der Waals surface area (Å²) in [7, 11) is 1.62. The monoisotopic (exact) mass is 422 g/mol. The van der Waals surface area contributed by atoms with Gasteiger partial charge in [0.25, 0.3) is 0 Å². The maximum atomic E-state index is 9.73. The van der Waals surface area contributed by atoms with E-state index in [1.807, 2.05) is 48.5 Å². The number of aromatic nitrogens is 2. The highest BCUT2D eigenvalue weighted by atomic mass is 79.9. The van der Waals surface area contributed by atoms with Crippen molar-refractivity contribution in [2.45, 2.75) is 5.92 Å². The van der Waals surface area contributed by atoms with Gasteiger partial charge in [0.05, 0.1) is 24.3 Å². The fraction of sp³-hybridized carbons (Fsp3) is 0.100. The van der Waals surface area contributed by atoms with Crippen molar-refractivity contribution >= 4 is 15.9 Å². The van der Waals surface area contributed by atoms with Crippen molar-refractivity contribution in [1.29, 1.82) is 5.26 Å². The third-order valence-corrected chi connectivity index (χ3v) is 5.03. The smallest absolute Gasteiger partial charge is 0.244 e. The first-order valence-electron chi connectivity index (χ1n) is 8.18. The van der Waals surface area contributed by atoms with Gasteiger partial charge >= 0.3 is 0 Å². The molecule has 27 heavy (non-hydrogen) atoms. The number of H-pyrrole nitrogens is 1. The molecule has 2 heterocycles. The molecule has 1 aromatic heterocycles. The van der Waals surface area contributed by atoms with Crippen molar-refractivity contribution in [3.05, 3.63) is 75.6 Å². The molecule has 0 fully saturated rings. The van der Waals surface area contributed by atoms with Crippen molar-refractivity contribution in [2.75, 3.05) is 7.11 Å². The molecule has 1 aliphatic rings. The van der Waals surface area contributed by atoms with Crippen molar-refractivity contribution < 1.29 is 9.47 Å². The second kappa shape index (κ2) is 6.82. The van der Waals surface area contributed by atoms with E-state index in [0.717, 1.165) is 32.6 Å². The van der Waals surface area contributed by atoms with Crippen molar-refractivity contribution in [3.8, 4) is 29.0 Å². The van der Waals surface area contributed by atoms with Crippen LogP contribution in [0.25, 0.3) is 11.3 Å².